The first kappa shape index (κ1) is 16.1. The van der Waals surface area contributed by atoms with E-state index in [1.165, 1.54) is 6.07 Å². The van der Waals surface area contributed by atoms with Crippen LogP contribution in [0.25, 0.3) is 33.4 Å². The summed E-state index contributed by atoms with van der Waals surface area (Å²) in [5.41, 5.74) is 4.53. The van der Waals surface area contributed by atoms with Crippen molar-refractivity contribution in [1.82, 2.24) is 14.5 Å². The van der Waals surface area contributed by atoms with Crippen LogP contribution in [0.5, 0.6) is 0 Å². The van der Waals surface area contributed by atoms with E-state index in [0.29, 0.717) is 11.3 Å². The molecule has 0 radical (unpaired) electrons. The van der Waals surface area contributed by atoms with Gasteiger partial charge >= 0.3 is 0 Å². The van der Waals surface area contributed by atoms with Crippen LogP contribution >= 0.6 is 0 Å². The molecule has 0 aliphatic carbocycles. The summed E-state index contributed by atoms with van der Waals surface area (Å²) in [7, 11) is 0. The van der Waals surface area contributed by atoms with Gasteiger partial charge in [0, 0.05) is 35.7 Å². The SMILES string of the molecule is Cc1c(-c2nc3n(c2-c2ccc4ncccc4c2)CCC3)ccc(F)c1F. The minimum atomic E-state index is -0.832. The van der Waals surface area contributed by atoms with Gasteiger partial charge in [0.15, 0.2) is 11.6 Å². The zero-order valence-corrected chi connectivity index (χ0v) is 14.8. The van der Waals surface area contributed by atoms with Crippen LogP contribution in [-0.2, 0) is 13.0 Å². The number of aromatic nitrogens is 3. The summed E-state index contributed by atoms with van der Waals surface area (Å²) in [6.45, 7) is 2.48. The van der Waals surface area contributed by atoms with Gasteiger partial charge in [-0.2, -0.15) is 0 Å². The van der Waals surface area contributed by atoms with E-state index in [2.05, 4.69) is 15.6 Å². The van der Waals surface area contributed by atoms with Crippen LogP contribution in [0.1, 0.15) is 17.8 Å². The first-order valence-electron chi connectivity index (χ1n) is 9.03. The molecular weight excluding hydrogens is 344 g/mol. The van der Waals surface area contributed by atoms with Gasteiger partial charge in [-0.1, -0.05) is 12.1 Å². The summed E-state index contributed by atoms with van der Waals surface area (Å²) in [6.07, 6.45) is 3.71. The summed E-state index contributed by atoms with van der Waals surface area (Å²) < 4.78 is 30.0. The van der Waals surface area contributed by atoms with Crippen molar-refractivity contribution in [3.8, 4) is 22.5 Å². The lowest BCUT2D eigenvalue weighted by molar-refractivity contribution is 0.503. The number of benzene rings is 2. The minimum absolute atomic E-state index is 0.287. The average molecular weight is 361 g/mol. The van der Waals surface area contributed by atoms with Crippen molar-refractivity contribution < 1.29 is 8.78 Å². The molecule has 0 fully saturated rings. The van der Waals surface area contributed by atoms with Gasteiger partial charge in [-0.15, -0.1) is 0 Å². The standard InChI is InChI=1S/C22H17F2N3/c1-13-16(7-8-17(23)20(13)24)21-22(27-11-3-5-19(27)26-21)15-6-9-18-14(12-15)4-2-10-25-18/h2,4,6-10,12H,3,5,11H2,1H3. The van der Waals surface area contributed by atoms with Crippen molar-refractivity contribution in [2.45, 2.75) is 26.3 Å². The van der Waals surface area contributed by atoms with Crippen molar-refractivity contribution in [1.29, 1.82) is 0 Å². The fraction of sp³-hybridized carbons (Fsp3) is 0.182. The molecule has 0 amide bonds. The number of pyridine rings is 1. The summed E-state index contributed by atoms with van der Waals surface area (Å²) in [4.78, 5) is 9.19. The number of hydrogen-bond acceptors (Lipinski definition) is 2. The average Bonchev–Trinajstić information content (AvgIpc) is 3.27. The van der Waals surface area contributed by atoms with Gasteiger partial charge in [-0.25, -0.2) is 13.8 Å². The van der Waals surface area contributed by atoms with E-state index < -0.39 is 11.6 Å². The molecule has 27 heavy (non-hydrogen) atoms. The molecule has 0 unspecified atom stereocenters. The second-order valence-electron chi connectivity index (χ2n) is 6.93. The first-order chi connectivity index (χ1) is 13.1. The van der Waals surface area contributed by atoms with Crippen LogP contribution in [0.4, 0.5) is 8.78 Å². The smallest absolute Gasteiger partial charge is 0.162 e. The Bertz CT molecular complexity index is 1190. The maximum atomic E-state index is 14.2. The third-order valence-electron chi connectivity index (χ3n) is 5.30. The summed E-state index contributed by atoms with van der Waals surface area (Å²) in [5, 5.41) is 1.04. The number of nitrogens with zero attached hydrogens (tertiary/aromatic N) is 3. The number of aryl methyl sites for hydroxylation is 1. The monoisotopic (exact) mass is 361 g/mol. The minimum Gasteiger partial charge on any atom is -0.327 e. The molecule has 0 N–H and O–H groups in total. The number of imidazole rings is 1. The molecule has 2 aromatic heterocycles. The van der Waals surface area contributed by atoms with Crippen LogP contribution < -0.4 is 0 Å². The largest absolute Gasteiger partial charge is 0.327 e. The molecule has 5 rings (SSSR count). The zero-order valence-electron chi connectivity index (χ0n) is 14.8. The highest BCUT2D eigenvalue weighted by Crippen LogP contribution is 2.38. The number of hydrogen-bond donors (Lipinski definition) is 0. The second kappa shape index (κ2) is 5.98. The Morgan fingerprint density at radius 2 is 1.96 bits per heavy atom. The normalized spacial score (nSPS) is 13.3. The third kappa shape index (κ3) is 2.46. The highest BCUT2D eigenvalue weighted by molar-refractivity contribution is 5.88. The third-order valence-corrected chi connectivity index (χ3v) is 5.30. The maximum Gasteiger partial charge on any atom is 0.162 e. The molecule has 2 aromatic carbocycles. The molecule has 0 saturated carbocycles. The molecule has 0 spiro atoms. The van der Waals surface area contributed by atoms with E-state index in [4.69, 9.17) is 4.98 Å². The molecule has 0 atom stereocenters. The van der Waals surface area contributed by atoms with Crippen molar-refractivity contribution in [3.63, 3.8) is 0 Å². The molecule has 4 aromatic rings. The summed E-state index contributed by atoms with van der Waals surface area (Å²) in [6, 6.07) is 12.8. The molecule has 134 valence electrons. The Balaban J connectivity index is 1.78. The van der Waals surface area contributed by atoms with Crippen LogP contribution in [0.15, 0.2) is 48.7 Å². The molecule has 1 aliphatic heterocycles. The van der Waals surface area contributed by atoms with E-state index in [1.807, 2.05) is 24.3 Å². The van der Waals surface area contributed by atoms with Crippen LogP contribution in [0.2, 0.25) is 0 Å². The van der Waals surface area contributed by atoms with Crippen molar-refractivity contribution >= 4 is 10.9 Å². The molecule has 3 heterocycles. The number of rotatable bonds is 2. The Morgan fingerprint density at radius 1 is 1.07 bits per heavy atom. The van der Waals surface area contributed by atoms with Gasteiger partial charge in [-0.3, -0.25) is 4.98 Å². The maximum absolute atomic E-state index is 14.2. The van der Waals surface area contributed by atoms with E-state index in [9.17, 15) is 8.78 Å². The van der Waals surface area contributed by atoms with Gasteiger partial charge < -0.3 is 4.57 Å². The lowest BCUT2D eigenvalue weighted by Crippen LogP contribution is -1.98. The van der Waals surface area contributed by atoms with Crippen molar-refractivity contribution in [3.05, 3.63) is 71.7 Å². The lowest BCUT2D eigenvalue weighted by atomic mass is 9.99. The molecule has 3 nitrogen and oxygen atoms in total. The Kier molecular flexibility index (Phi) is 3.57. The van der Waals surface area contributed by atoms with Crippen LogP contribution in [0.3, 0.4) is 0 Å². The first-order valence-corrected chi connectivity index (χ1v) is 9.03. The summed E-state index contributed by atoms with van der Waals surface area (Å²) >= 11 is 0. The highest BCUT2D eigenvalue weighted by Gasteiger charge is 2.25. The number of fused-ring (bicyclic) bond motifs is 2. The molecule has 0 bridgehead atoms. The molecule has 1 aliphatic rings. The van der Waals surface area contributed by atoms with Crippen LogP contribution in [-0.4, -0.2) is 14.5 Å². The molecule has 5 heteroatoms. The van der Waals surface area contributed by atoms with Gasteiger partial charge in [0.25, 0.3) is 0 Å². The van der Waals surface area contributed by atoms with E-state index in [0.717, 1.165) is 47.4 Å². The van der Waals surface area contributed by atoms with E-state index in [-0.39, 0.29) is 5.56 Å². The molecule has 0 saturated heterocycles. The highest BCUT2D eigenvalue weighted by atomic mass is 19.2. The predicted octanol–water partition coefficient (Wildman–Crippen LogP) is 5.30. The second-order valence-corrected chi connectivity index (χ2v) is 6.93. The quantitative estimate of drug-likeness (QED) is 0.485. The van der Waals surface area contributed by atoms with E-state index >= 15 is 0 Å². The van der Waals surface area contributed by atoms with E-state index in [1.54, 1.807) is 19.2 Å². The lowest BCUT2D eigenvalue weighted by Gasteiger charge is -2.12. The molecular formula is C22H17F2N3. The summed E-state index contributed by atoms with van der Waals surface area (Å²) in [5.74, 6) is -0.647. The van der Waals surface area contributed by atoms with Crippen LogP contribution in [0, 0.1) is 18.6 Å². The fourth-order valence-electron chi connectivity index (χ4n) is 3.94. The van der Waals surface area contributed by atoms with Gasteiger partial charge in [0.05, 0.1) is 16.9 Å². The van der Waals surface area contributed by atoms with Gasteiger partial charge in [0.2, 0.25) is 0 Å². The Morgan fingerprint density at radius 3 is 2.85 bits per heavy atom. The Labute approximate surface area is 155 Å². The topological polar surface area (TPSA) is 30.7 Å². The Hall–Kier alpha value is -3.08. The zero-order chi connectivity index (χ0) is 18.5. The fourth-order valence-corrected chi connectivity index (χ4v) is 3.94. The predicted molar refractivity (Wildman–Crippen MR) is 101 cm³/mol. The van der Waals surface area contributed by atoms with Gasteiger partial charge in [-0.05, 0) is 49.2 Å². The van der Waals surface area contributed by atoms with Gasteiger partial charge in [0.1, 0.15) is 5.82 Å². The van der Waals surface area contributed by atoms with Crippen molar-refractivity contribution in [2.24, 2.45) is 0 Å². The van der Waals surface area contributed by atoms with Crippen molar-refractivity contribution in [2.75, 3.05) is 0 Å². The number of halogens is 2.